The van der Waals surface area contributed by atoms with E-state index in [4.69, 9.17) is 0 Å². The van der Waals surface area contributed by atoms with Crippen molar-refractivity contribution in [3.05, 3.63) is 35.4 Å². The Morgan fingerprint density at radius 2 is 2.12 bits per heavy atom. The first kappa shape index (κ1) is 11.0. The fourth-order valence-electron chi connectivity index (χ4n) is 1.63. The maximum atomic E-state index is 13.3. The molecule has 0 aromatic heterocycles. The fraction of sp³-hybridized carbons (Fsp3) is 0.417. The number of halogens is 2. The van der Waals surface area contributed by atoms with Crippen molar-refractivity contribution in [2.75, 3.05) is 7.05 Å². The highest BCUT2D eigenvalue weighted by atomic mass is 19.1. The molecular weight excluding hydrogens is 212 g/mol. The molecule has 1 fully saturated rings. The lowest BCUT2D eigenvalue weighted by Crippen LogP contribution is -2.27. The smallest absolute Gasteiger partial charge is 0.225 e. The van der Waals surface area contributed by atoms with Crippen molar-refractivity contribution in [2.24, 2.45) is 5.92 Å². The normalized spacial score (nSPS) is 14.9. The van der Waals surface area contributed by atoms with Crippen LogP contribution in [0.2, 0.25) is 0 Å². The Morgan fingerprint density at radius 3 is 2.69 bits per heavy atom. The van der Waals surface area contributed by atoms with Gasteiger partial charge in [0, 0.05) is 31.1 Å². The highest BCUT2D eigenvalue weighted by Crippen LogP contribution is 2.31. The van der Waals surface area contributed by atoms with E-state index >= 15 is 0 Å². The van der Waals surface area contributed by atoms with Crippen molar-refractivity contribution in [1.29, 1.82) is 0 Å². The molecule has 0 aliphatic heterocycles. The lowest BCUT2D eigenvalue weighted by molar-refractivity contribution is -0.131. The van der Waals surface area contributed by atoms with Gasteiger partial charge in [-0.3, -0.25) is 4.79 Å². The van der Waals surface area contributed by atoms with Crippen LogP contribution in [0.4, 0.5) is 8.78 Å². The van der Waals surface area contributed by atoms with Gasteiger partial charge in [0.2, 0.25) is 5.91 Å². The third-order valence-corrected chi connectivity index (χ3v) is 2.73. The van der Waals surface area contributed by atoms with Gasteiger partial charge in [0.25, 0.3) is 0 Å². The maximum absolute atomic E-state index is 13.3. The summed E-state index contributed by atoms with van der Waals surface area (Å²) in [5.74, 6) is -1.04. The van der Waals surface area contributed by atoms with E-state index in [0.717, 1.165) is 18.9 Å². The maximum Gasteiger partial charge on any atom is 0.225 e. The zero-order valence-corrected chi connectivity index (χ0v) is 9.04. The van der Waals surface area contributed by atoms with Crippen molar-refractivity contribution in [3.63, 3.8) is 0 Å². The summed E-state index contributed by atoms with van der Waals surface area (Å²) in [5, 5.41) is 0. The summed E-state index contributed by atoms with van der Waals surface area (Å²) in [6.07, 6.45) is 1.85. The Kier molecular flexibility index (Phi) is 2.90. The second-order valence-corrected chi connectivity index (χ2v) is 4.20. The monoisotopic (exact) mass is 225 g/mol. The first-order chi connectivity index (χ1) is 7.58. The molecule has 2 nitrogen and oxygen atoms in total. The quantitative estimate of drug-likeness (QED) is 0.773. The summed E-state index contributed by atoms with van der Waals surface area (Å²) in [6, 6.07) is 3.42. The van der Waals surface area contributed by atoms with Gasteiger partial charge >= 0.3 is 0 Å². The molecule has 0 atom stereocenters. The minimum Gasteiger partial charge on any atom is -0.341 e. The van der Waals surface area contributed by atoms with Gasteiger partial charge in [-0.1, -0.05) is 6.07 Å². The molecule has 0 N–H and O–H groups in total. The molecule has 0 unspecified atom stereocenters. The number of rotatable bonds is 3. The van der Waals surface area contributed by atoms with Crippen LogP contribution in [0, 0.1) is 17.6 Å². The first-order valence-electron chi connectivity index (χ1n) is 5.27. The molecule has 1 aliphatic rings. The van der Waals surface area contributed by atoms with E-state index in [-0.39, 0.29) is 18.4 Å². The number of carbonyl (C=O) groups excluding carboxylic acids is 1. The molecule has 0 bridgehead atoms. The predicted molar refractivity (Wildman–Crippen MR) is 55.6 cm³/mol. The molecule has 0 radical (unpaired) electrons. The minimum atomic E-state index is -0.601. The average Bonchev–Trinajstić information content (AvgIpc) is 3.04. The van der Waals surface area contributed by atoms with Crippen LogP contribution in [-0.4, -0.2) is 17.9 Å². The molecule has 2 rings (SSSR count). The van der Waals surface area contributed by atoms with E-state index in [1.54, 1.807) is 7.05 Å². The van der Waals surface area contributed by atoms with Crippen LogP contribution in [0.1, 0.15) is 18.4 Å². The van der Waals surface area contributed by atoms with Crippen LogP contribution in [-0.2, 0) is 11.3 Å². The number of hydrogen-bond acceptors (Lipinski definition) is 1. The van der Waals surface area contributed by atoms with Crippen LogP contribution in [0.3, 0.4) is 0 Å². The van der Waals surface area contributed by atoms with E-state index < -0.39 is 11.6 Å². The van der Waals surface area contributed by atoms with Gasteiger partial charge in [-0.15, -0.1) is 0 Å². The Labute approximate surface area is 92.9 Å². The summed E-state index contributed by atoms with van der Waals surface area (Å²) in [7, 11) is 1.64. The lowest BCUT2D eigenvalue weighted by atomic mass is 10.2. The van der Waals surface area contributed by atoms with Gasteiger partial charge < -0.3 is 4.90 Å². The summed E-state index contributed by atoms with van der Waals surface area (Å²) in [5.41, 5.74) is 0.345. The molecule has 1 aromatic carbocycles. The van der Waals surface area contributed by atoms with Crippen molar-refractivity contribution in [3.8, 4) is 0 Å². The number of carbonyl (C=O) groups is 1. The van der Waals surface area contributed by atoms with E-state index in [0.29, 0.717) is 5.56 Å². The first-order valence-corrected chi connectivity index (χ1v) is 5.27. The second-order valence-electron chi connectivity index (χ2n) is 4.20. The number of hydrogen-bond donors (Lipinski definition) is 0. The van der Waals surface area contributed by atoms with Crippen LogP contribution < -0.4 is 0 Å². The molecule has 1 saturated carbocycles. The van der Waals surface area contributed by atoms with Gasteiger partial charge in [0.1, 0.15) is 11.6 Å². The minimum absolute atomic E-state index is 0.0451. The van der Waals surface area contributed by atoms with Crippen LogP contribution >= 0.6 is 0 Å². The van der Waals surface area contributed by atoms with Gasteiger partial charge in [-0.25, -0.2) is 8.78 Å². The van der Waals surface area contributed by atoms with E-state index in [1.807, 2.05) is 0 Å². The van der Waals surface area contributed by atoms with Crippen molar-refractivity contribution >= 4 is 5.91 Å². The Bertz CT molecular complexity index is 415. The fourth-order valence-corrected chi connectivity index (χ4v) is 1.63. The summed E-state index contributed by atoms with van der Waals surface area (Å²) < 4.78 is 26.0. The molecule has 0 spiro atoms. The average molecular weight is 225 g/mol. The third-order valence-electron chi connectivity index (χ3n) is 2.73. The van der Waals surface area contributed by atoms with E-state index in [1.165, 1.54) is 17.0 Å². The zero-order valence-electron chi connectivity index (χ0n) is 9.04. The van der Waals surface area contributed by atoms with Crippen LogP contribution in [0.15, 0.2) is 18.2 Å². The summed E-state index contributed by atoms with van der Waals surface area (Å²) in [4.78, 5) is 13.1. The van der Waals surface area contributed by atoms with Crippen LogP contribution in [0.5, 0.6) is 0 Å². The molecule has 16 heavy (non-hydrogen) atoms. The highest BCUT2D eigenvalue weighted by molar-refractivity contribution is 5.80. The molecule has 1 aliphatic carbocycles. The molecule has 4 heteroatoms. The van der Waals surface area contributed by atoms with Gasteiger partial charge in [-0.2, -0.15) is 0 Å². The van der Waals surface area contributed by atoms with Crippen molar-refractivity contribution in [2.45, 2.75) is 19.4 Å². The molecule has 0 saturated heterocycles. The van der Waals surface area contributed by atoms with Crippen LogP contribution in [0.25, 0.3) is 0 Å². The highest BCUT2D eigenvalue weighted by Gasteiger charge is 2.32. The van der Waals surface area contributed by atoms with E-state index in [9.17, 15) is 13.6 Å². The standard InChI is InChI=1S/C12H13F2NO/c1-15(12(16)8-2-3-8)7-9-4-5-10(13)6-11(9)14/h4-6,8H,2-3,7H2,1H3. The number of benzene rings is 1. The molecule has 86 valence electrons. The predicted octanol–water partition coefficient (Wildman–Crippen LogP) is 2.33. The van der Waals surface area contributed by atoms with Gasteiger partial charge in [0.15, 0.2) is 0 Å². The Balaban J connectivity index is 2.05. The SMILES string of the molecule is CN(Cc1ccc(F)cc1F)C(=O)C1CC1. The summed E-state index contributed by atoms with van der Waals surface area (Å²) in [6.45, 7) is 0.196. The summed E-state index contributed by atoms with van der Waals surface area (Å²) >= 11 is 0. The van der Waals surface area contributed by atoms with Crippen molar-refractivity contribution < 1.29 is 13.6 Å². The zero-order chi connectivity index (χ0) is 11.7. The molecule has 0 heterocycles. The Hall–Kier alpha value is -1.45. The number of nitrogens with zero attached hydrogens (tertiary/aromatic N) is 1. The molecular formula is C12H13F2NO. The van der Waals surface area contributed by atoms with Crippen molar-refractivity contribution in [1.82, 2.24) is 4.90 Å². The number of amides is 1. The molecule has 1 aromatic rings. The molecule has 1 amide bonds. The second kappa shape index (κ2) is 4.20. The van der Waals surface area contributed by atoms with E-state index in [2.05, 4.69) is 0 Å². The largest absolute Gasteiger partial charge is 0.341 e. The topological polar surface area (TPSA) is 20.3 Å². The van der Waals surface area contributed by atoms with Gasteiger partial charge in [-0.05, 0) is 18.9 Å². The lowest BCUT2D eigenvalue weighted by Gasteiger charge is -2.17. The van der Waals surface area contributed by atoms with Gasteiger partial charge in [0.05, 0.1) is 0 Å². The Morgan fingerprint density at radius 1 is 1.44 bits per heavy atom. The third kappa shape index (κ3) is 2.38.